The highest BCUT2D eigenvalue weighted by atomic mass is 35.5. The molecule has 0 saturated heterocycles. The first-order valence-corrected chi connectivity index (χ1v) is 6.31. The highest BCUT2D eigenvalue weighted by Gasteiger charge is 2.46. The van der Waals surface area contributed by atoms with E-state index < -0.39 is 17.3 Å². The molecule has 0 aromatic heterocycles. The van der Waals surface area contributed by atoms with Crippen LogP contribution in [-0.2, 0) is 0 Å². The van der Waals surface area contributed by atoms with Crippen molar-refractivity contribution in [1.29, 1.82) is 0 Å². The molecular weight excluding hydrogens is 259 g/mol. The quantitative estimate of drug-likeness (QED) is 0.916. The minimum absolute atomic E-state index is 0.0846. The fourth-order valence-electron chi connectivity index (χ4n) is 2.72. The summed E-state index contributed by atoms with van der Waals surface area (Å²) < 4.78 is 19.2. The second kappa shape index (κ2) is 4.12. The van der Waals surface area contributed by atoms with Crippen molar-refractivity contribution in [3.8, 4) is 5.75 Å². The normalized spacial score (nSPS) is 28.9. The Labute approximate surface area is 109 Å². The number of carboxylic acid groups (broad SMARTS) is 1. The van der Waals surface area contributed by atoms with Crippen molar-refractivity contribution in [2.24, 2.45) is 11.8 Å². The molecule has 0 bridgehead atoms. The van der Waals surface area contributed by atoms with E-state index in [2.05, 4.69) is 0 Å². The number of ether oxygens (including phenoxy) is 1. The number of halogens is 2. The number of fused-ring (bicyclic) bond motifs is 1. The standard InChI is InChI=1S/C13H12ClFO3/c14-10-4-9(13(16)17)11(15)5-12(10)18-8-2-6-1-7(6)3-8/h4-8H,1-3H2,(H,16,17)/t6-,7+,8+. The Kier molecular flexibility index (Phi) is 2.70. The van der Waals surface area contributed by atoms with Gasteiger partial charge < -0.3 is 9.84 Å². The van der Waals surface area contributed by atoms with E-state index in [0.717, 1.165) is 36.8 Å². The summed E-state index contributed by atoms with van der Waals surface area (Å²) in [5.74, 6) is -0.382. The number of carbonyl (C=O) groups is 1. The van der Waals surface area contributed by atoms with Gasteiger partial charge in [0.1, 0.15) is 11.6 Å². The van der Waals surface area contributed by atoms with E-state index in [1.165, 1.54) is 6.42 Å². The topological polar surface area (TPSA) is 46.5 Å². The zero-order valence-corrected chi connectivity index (χ0v) is 10.3. The Morgan fingerprint density at radius 3 is 2.61 bits per heavy atom. The summed E-state index contributed by atoms with van der Waals surface area (Å²) in [6.45, 7) is 0. The highest BCUT2D eigenvalue weighted by Crippen LogP contribution is 2.52. The first-order chi connectivity index (χ1) is 8.54. The predicted octanol–water partition coefficient (Wildman–Crippen LogP) is 3.35. The molecule has 2 aliphatic rings. The fraction of sp³-hybridized carbons (Fsp3) is 0.462. The molecule has 2 aliphatic carbocycles. The number of carboxylic acids is 1. The number of rotatable bonds is 3. The molecule has 3 rings (SSSR count). The Hall–Kier alpha value is -1.29. The van der Waals surface area contributed by atoms with Gasteiger partial charge in [0.15, 0.2) is 0 Å². The van der Waals surface area contributed by atoms with Crippen LogP contribution in [0.1, 0.15) is 29.6 Å². The van der Waals surface area contributed by atoms with E-state index in [1.54, 1.807) is 0 Å². The van der Waals surface area contributed by atoms with Crippen LogP contribution < -0.4 is 4.74 Å². The lowest BCUT2D eigenvalue weighted by atomic mass is 10.2. The molecule has 2 fully saturated rings. The first kappa shape index (κ1) is 11.8. The maximum atomic E-state index is 13.5. The second-order valence-corrected chi connectivity index (χ2v) is 5.44. The average Bonchev–Trinajstić information content (AvgIpc) is 2.91. The van der Waals surface area contributed by atoms with Crippen LogP contribution in [-0.4, -0.2) is 17.2 Å². The molecule has 0 radical (unpaired) electrons. The van der Waals surface area contributed by atoms with E-state index in [0.29, 0.717) is 0 Å². The van der Waals surface area contributed by atoms with Crippen molar-refractivity contribution in [3.05, 3.63) is 28.5 Å². The van der Waals surface area contributed by atoms with Gasteiger partial charge in [-0.3, -0.25) is 0 Å². The van der Waals surface area contributed by atoms with E-state index in [-0.39, 0.29) is 16.9 Å². The van der Waals surface area contributed by atoms with Gasteiger partial charge in [-0.15, -0.1) is 0 Å². The van der Waals surface area contributed by atoms with Crippen LogP contribution >= 0.6 is 11.6 Å². The molecule has 96 valence electrons. The average molecular weight is 271 g/mol. The van der Waals surface area contributed by atoms with Gasteiger partial charge in [-0.2, -0.15) is 0 Å². The van der Waals surface area contributed by atoms with Crippen LogP contribution in [0.15, 0.2) is 12.1 Å². The van der Waals surface area contributed by atoms with E-state index in [4.69, 9.17) is 21.4 Å². The van der Waals surface area contributed by atoms with Gasteiger partial charge in [-0.25, -0.2) is 9.18 Å². The van der Waals surface area contributed by atoms with Crippen molar-refractivity contribution < 1.29 is 19.0 Å². The van der Waals surface area contributed by atoms with Crippen LogP contribution in [0.25, 0.3) is 0 Å². The third kappa shape index (κ3) is 2.05. The van der Waals surface area contributed by atoms with E-state index >= 15 is 0 Å². The SMILES string of the molecule is O=C(O)c1cc(Cl)c(O[C@@H]2C[C@@H]3C[C@@H]3C2)cc1F. The first-order valence-electron chi connectivity index (χ1n) is 5.93. The van der Waals surface area contributed by atoms with Crippen molar-refractivity contribution in [1.82, 2.24) is 0 Å². The predicted molar refractivity (Wildman–Crippen MR) is 63.6 cm³/mol. The molecule has 1 N–H and O–H groups in total. The Morgan fingerprint density at radius 1 is 1.33 bits per heavy atom. The number of benzene rings is 1. The van der Waals surface area contributed by atoms with Crippen LogP contribution in [0, 0.1) is 17.7 Å². The molecule has 0 amide bonds. The summed E-state index contributed by atoms with van der Waals surface area (Å²) in [4.78, 5) is 10.7. The van der Waals surface area contributed by atoms with Gasteiger partial charge in [-0.1, -0.05) is 11.6 Å². The molecule has 3 atom stereocenters. The Morgan fingerprint density at radius 2 is 2.00 bits per heavy atom. The molecule has 1 aromatic rings. The largest absolute Gasteiger partial charge is 0.489 e. The third-order valence-electron chi connectivity index (χ3n) is 3.75. The smallest absolute Gasteiger partial charge is 0.338 e. The van der Waals surface area contributed by atoms with Gasteiger partial charge >= 0.3 is 5.97 Å². The van der Waals surface area contributed by atoms with Gasteiger partial charge in [0.2, 0.25) is 0 Å². The van der Waals surface area contributed by atoms with Crippen LogP contribution in [0.2, 0.25) is 5.02 Å². The minimum Gasteiger partial charge on any atom is -0.489 e. The van der Waals surface area contributed by atoms with Crippen molar-refractivity contribution >= 4 is 17.6 Å². The Bertz CT molecular complexity index is 507. The molecule has 5 heteroatoms. The maximum absolute atomic E-state index is 13.5. The Balaban J connectivity index is 1.79. The fourth-order valence-corrected chi connectivity index (χ4v) is 2.93. The number of hydrogen-bond acceptors (Lipinski definition) is 2. The highest BCUT2D eigenvalue weighted by molar-refractivity contribution is 6.32. The lowest BCUT2D eigenvalue weighted by Crippen LogP contribution is -2.14. The summed E-state index contributed by atoms with van der Waals surface area (Å²) in [5.41, 5.74) is -0.429. The molecule has 0 heterocycles. The van der Waals surface area contributed by atoms with Crippen LogP contribution in [0.5, 0.6) is 5.75 Å². The van der Waals surface area contributed by atoms with Crippen molar-refractivity contribution in [2.75, 3.05) is 0 Å². The van der Waals surface area contributed by atoms with Crippen molar-refractivity contribution in [3.63, 3.8) is 0 Å². The van der Waals surface area contributed by atoms with Crippen LogP contribution in [0.3, 0.4) is 0 Å². The summed E-state index contributed by atoms with van der Waals surface area (Å²) in [5, 5.41) is 8.91. The lowest BCUT2D eigenvalue weighted by molar-refractivity contribution is 0.0692. The molecule has 2 saturated carbocycles. The zero-order valence-electron chi connectivity index (χ0n) is 9.53. The van der Waals surface area contributed by atoms with Gasteiger partial charge in [0.25, 0.3) is 0 Å². The monoisotopic (exact) mass is 270 g/mol. The molecule has 0 unspecified atom stereocenters. The summed E-state index contributed by atoms with van der Waals surface area (Å²) in [7, 11) is 0. The molecule has 18 heavy (non-hydrogen) atoms. The van der Waals surface area contributed by atoms with Gasteiger partial charge in [-0.05, 0) is 37.2 Å². The third-order valence-corrected chi connectivity index (χ3v) is 4.04. The molecule has 1 aromatic carbocycles. The van der Waals surface area contributed by atoms with E-state index in [1.807, 2.05) is 0 Å². The summed E-state index contributed by atoms with van der Waals surface area (Å²) in [6.07, 6.45) is 3.34. The molecular formula is C13H12ClFO3. The lowest BCUT2D eigenvalue weighted by Gasteiger charge is -2.16. The molecule has 0 spiro atoms. The van der Waals surface area contributed by atoms with Crippen molar-refractivity contribution in [2.45, 2.75) is 25.4 Å². The maximum Gasteiger partial charge on any atom is 0.338 e. The molecule has 0 aliphatic heterocycles. The van der Waals surface area contributed by atoms with Crippen LogP contribution in [0.4, 0.5) is 4.39 Å². The minimum atomic E-state index is -1.33. The summed E-state index contributed by atoms with van der Waals surface area (Å²) >= 11 is 5.92. The number of aromatic carboxylic acids is 1. The van der Waals surface area contributed by atoms with Gasteiger partial charge in [0.05, 0.1) is 16.7 Å². The summed E-state index contributed by atoms with van der Waals surface area (Å²) in [6, 6.07) is 2.17. The number of hydrogen-bond donors (Lipinski definition) is 1. The van der Waals surface area contributed by atoms with Gasteiger partial charge in [0, 0.05) is 6.07 Å². The van der Waals surface area contributed by atoms with E-state index in [9.17, 15) is 9.18 Å². The molecule has 3 nitrogen and oxygen atoms in total. The second-order valence-electron chi connectivity index (χ2n) is 5.03. The zero-order chi connectivity index (χ0) is 12.9.